The Kier molecular flexibility index (Phi) is 2.49. The van der Waals surface area contributed by atoms with E-state index in [0.717, 1.165) is 5.92 Å². The fourth-order valence-corrected chi connectivity index (χ4v) is 1.44. The lowest BCUT2D eigenvalue weighted by atomic mass is 9.98. The van der Waals surface area contributed by atoms with E-state index in [9.17, 15) is 0 Å². The molecule has 2 N–H and O–H groups in total. The van der Waals surface area contributed by atoms with Crippen molar-refractivity contribution in [3.05, 3.63) is 0 Å². The zero-order chi connectivity index (χ0) is 6.69. The van der Waals surface area contributed by atoms with E-state index in [0.29, 0.717) is 6.17 Å². The first-order chi connectivity index (χ1) is 4.34. The smallest absolute Gasteiger partial charge is 0.0595 e. The number of nitrogens with one attached hydrogen (secondary N) is 2. The highest BCUT2D eigenvalue weighted by molar-refractivity contribution is 4.74. The Morgan fingerprint density at radius 3 is 2.78 bits per heavy atom. The van der Waals surface area contributed by atoms with Crippen molar-refractivity contribution in [3.8, 4) is 0 Å². The van der Waals surface area contributed by atoms with Gasteiger partial charge in [-0.05, 0) is 32.4 Å². The van der Waals surface area contributed by atoms with Gasteiger partial charge in [-0.1, -0.05) is 6.92 Å². The molecule has 1 saturated heterocycles. The summed E-state index contributed by atoms with van der Waals surface area (Å²) in [4.78, 5) is 0. The molecule has 0 aromatic rings. The molecule has 0 bridgehead atoms. The first-order valence-corrected chi connectivity index (χ1v) is 3.75. The zero-order valence-corrected chi connectivity index (χ0v) is 6.28. The van der Waals surface area contributed by atoms with Gasteiger partial charge < -0.3 is 10.6 Å². The van der Waals surface area contributed by atoms with Crippen LogP contribution in [0.1, 0.15) is 19.8 Å². The molecule has 0 saturated carbocycles. The van der Waals surface area contributed by atoms with Crippen molar-refractivity contribution in [2.75, 3.05) is 13.6 Å². The fraction of sp³-hybridized carbons (Fsp3) is 1.00. The van der Waals surface area contributed by atoms with Crippen molar-refractivity contribution in [2.24, 2.45) is 5.92 Å². The standard InChI is InChI=1S/C7H16N2/c1-6-4-3-5-9-7(6)8-2/h6-9H,3-5H2,1-2H3/t6-,7+/m1/s1. The number of hydrogen-bond donors (Lipinski definition) is 2. The maximum Gasteiger partial charge on any atom is 0.0595 e. The van der Waals surface area contributed by atoms with Crippen molar-refractivity contribution >= 4 is 0 Å². The van der Waals surface area contributed by atoms with Crippen LogP contribution in [0.5, 0.6) is 0 Å². The Morgan fingerprint density at radius 1 is 1.56 bits per heavy atom. The molecule has 2 heteroatoms. The van der Waals surface area contributed by atoms with Gasteiger partial charge in [-0.3, -0.25) is 0 Å². The van der Waals surface area contributed by atoms with E-state index in [4.69, 9.17) is 0 Å². The molecular weight excluding hydrogens is 112 g/mol. The van der Waals surface area contributed by atoms with Crippen LogP contribution in [-0.2, 0) is 0 Å². The van der Waals surface area contributed by atoms with Crippen LogP contribution in [0.25, 0.3) is 0 Å². The van der Waals surface area contributed by atoms with Gasteiger partial charge in [0, 0.05) is 0 Å². The van der Waals surface area contributed by atoms with Crippen LogP contribution in [-0.4, -0.2) is 19.8 Å². The van der Waals surface area contributed by atoms with Crippen LogP contribution in [0.4, 0.5) is 0 Å². The summed E-state index contributed by atoms with van der Waals surface area (Å²) in [7, 11) is 2.01. The maximum absolute atomic E-state index is 3.41. The van der Waals surface area contributed by atoms with Gasteiger partial charge in [0.15, 0.2) is 0 Å². The zero-order valence-electron chi connectivity index (χ0n) is 6.28. The predicted octanol–water partition coefficient (Wildman–Crippen LogP) is 0.551. The van der Waals surface area contributed by atoms with Crippen molar-refractivity contribution in [2.45, 2.75) is 25.9 Å². The summed E-state index contributed by atoms with van der Waals surface area (Å²) in [5.74, 6) is 0.795. The van der Waals surface area contributed by atoms with E-state index < -0.39 is 0 Å². The van der Waals surface area contributed by atoms with Crippen LogP contribution in [0.2, 0.25) is 0 Å². The normalized spacial score (nSPS) is 36.7. The topological polar surface area (TPSA) is 24.1 Å². The number of piperidine rings is 1. The first kappa shape index (κ1) is 7.03. The highest BCUT2D eigenvalue weighted by atomic mass is 15.1. The van der Waals surface area contributed by atoms with Crippen LogP contribution in [0.15, 0.2) is 0 Å². The molecule has 0 aromatic heterocycles. The second-order valence-corrected chi connectivity index (χ2v) is 2.84. The van der Waals surface area contributed by atoms with Crippen LogP contribution >= 0.6 is 0 Å². The fourth-order valence-electron chi connectivity index (χ4n) is 1.44. The van der Waals surface area contributed by atoms with Gasteiger partial charge in [0.25, 0.3) is 0 Å². The van der Waals surface area contributed by atoms with E-state index in [-0.39, 0.29) is 0 Å². The minimum atomic E-state index is 0.554. The number of hydrogen-bond acceptors (Lipinski definition) is 2. The van der Waals surface area contributed by atoms with E-state index in [1.54, 1.807) is 0 Å². The van der Waals surface area contributed by atoms with Gasteiger partial charge >= 0.3 is 0 Å². The molecule has 9 heavy (non-hydrogen) atoms. The second kappa shape index (κ2) is 3.18. The highest BCUT2D eigenvalue weighted by Crippen LogP contribution is 2.12. The van der Waals surface area contributed by atoms with E-state index >= 15 is 0 Å². The monoisotopic (exact) mass is 128 g/mol. The van der Waals surface area contributed by atoms with Gasteiger partial charge in [-0.15, -0.1) is 0 Å². The van der Waals surface area contributed by atoms with E-state index in [1.807, 2.05) is 7.05 Å². The maximum atomic E-state index is 3.41. The Hall–Kier alpha value is -0.0800. The van der Waals surface area contributed by atoms with Gasteiger partial charge in [0.05, 0.1) is 6.17 Å². The molecule has 0 spiro atoms. The SMILES string of the molecule is CN[C@H]1NCCC[C@H]1C. The Bertz CT molecular complexity index is 83.0. The van der Waals surface area contributed by atoms with Gasteiger partial charge in [-0.2, -0.15) is 0 Å². The Morgan fingerprint density at radius 2 is 2.33 bits per heavy atom. The van der Waals surface area contributed by atoms with E-state index in [1.165, 1.54) is 19.4 Å². The highest BCUT2D eigenvalue weighted by Gasteiger charge is 2.17. The van der Waals surface area contributed by atoms with Gasteiger partial charge in [-0.25, -0.2) is 0 Å². The third-order valence-electron chi connectivity index (χ3n) is 2.08. The summed E-state index contributed by atoms with van der Waals surface area (Å²) in [6.07, 6.45) is 3.25. The minimum absolute atomic E-state index is 0.554. The predicted molar refractivity (Wildman–Crippen MR) is 39.2 cm³/mol. The Labute approximate surface area is 57.0 Å². The van der Waals surface area contributed by atoms with Gasteiger partial charge in [0.1, 0.15) is 0 Å². The molecule has 2 atom stereocenters. The second-order valence-electron chi connectivity index (χ2n) is 2.84. The molecule has 0 radical (unpaired) electrons. The molecule has 54 valence electrons. The van der Waals surface area contributed by atoms with Crippen molar-refractivity contribution in [1.29, 1.82) is 0 Å². The summed E-state index contributed by atoms with van der Waals surface area (Å²) in [5, 5.41) is 6.65. The molecule has 1 aliphatic rings. The minimum Gasteiger partial charge on any atom is -0.305 e. The quantitative estimate of drug-likeness (QED) is 0.539. The largest absolute Gasteiger partial charge is 0.305 e. The molecule has 1 rings (SSSR count). The van der Waals surface area contributed by atoms with Crippen molar-refractivity contribution < 1.29 is 0 Å². The number of rotatable bonds is 1. The molecule has 0 unspecified atom stereocenters. The molecule has 1 heterocycles. The molecule has 0 aliphatic carbocycles. The van der Waals surface area contributed by atoms with Crippen LogP contribution < -0.4 is 10.6 Å². The lowest BCUT2D eigenvalue weighted by molar-refractivity contribution is 0.269. The van der Waals surface area contributed by atoms with Crippen LogP contribution in [0, 0.1) is 5.92 Å². The molecule has 0 amide bonds. The molecule has 1 aliphatic heterocycles. The third kappa shape index (κ3) is 1.66. The van der Waals surface area contributed by atoms with Crippen molar-refractivity contribution in [1.82, 2.24) is 10.6 Å². The summed E-state index contributed by atoms with van der Waals surface area (Å²) in [6, 6.07) is 0. The molecule has 2 nitrogen and oxygen atoms in total. The lowest BCUT2D eigenvalue weighted by Gasteiger charge is -2.29. The molecule has 0 aromatic carbocycles. The third-order valence-corrected chi connectivity index (χ3v) is 2.08. The van der Waals surface area contributed by atoms with Crippen LogP contribution in [0.3, 0.4) is 0 Å². The molecule has 1 fully saturated rings. The lowest BCUT2D eigenvalue weighted by Crippen LogP contribution is -2.48. The average Bonchev–Trinajstić information content (AvgIpc) is 1.89. The average molecular weight is 128 g/mol. The van der Waals surface area contributed by atoms with Gasteiger partial charge in [0.2, 0.25) is 0 Å². The first-order valence-electron chi connectivity index (χ1n) is 3.75. The summed E-state index contributed by atoms with van der Waals surface area (Å²) in [6.45, 7) is 3.46. The Balaban J connectivity index is 2.30. The summed E-state index contributed by atoms with van der Waals surface area (Å²) < 4.78 is 0. The van der Waals surface area contributed by atoms with E-state index in [2.05, 4.69) is 17.6 Å². The molecular formula is C7H16N2. The summed E-state index contributed by atoms with van der Waals surface area (Å²) >= 11 is 0. The summed E-state index contributed by atoms with van der Waals surface area (Å²) in [5.41, 5.74) is 0. The van der Waals surface area contributed by atoms with Crippen molar-refractivity contribution in [3.63, 3.8) is 0 Å².